The maximum absolute atomic E-state index is 11.6. The second kappa shape index (κ2) is 5.11. The molecular formula is C11H13N3O. The number of hydrogen-bond donors (Lipinski definition) is 1. The van der Waals surface area contributed by atoms with E-state index in [0.29, 0.717) is 11.3 Å². The monoisotopic (exact) mass is 203 g/mol. The second-order valence-corrected chi connectivity index (χ2v) is 3.33. The zero-order valence-corrected chi connectivity index (χ0v) is 8.82. The molecule has 1 unspecified atom stereocenters. The average Bonchev–Trinajstić information content (AvgIpc) is 2.29. The van der Waals surface area contributed by atoms with Gasteiger partial charge in [-0.05, 0) is 25.5 Å². The Morgan fingerprint density at radius 2 is 2.40 bits per heavy atom. The van der Waals surface area contributed by atoms with E-state index >= 15 is 0 Å². The third-order valence-corrected chi connectivity index (χ3v) is 2.13. The Labute approximate surface area is 88.9 Å². The third kappa shape index (κ3) is 3.06. The molecule has 0 aromatic carbocycles. The Morgan fingerprint density at radius 3 is 2.87 bits per heavy atom. The van der Waals surface area contributed by atoms with Crippen molar-refractivity contribution in [2.45, 2.75) is 26.3 Å². The van der Waals surface area contributed by atoms with Crippen molar-refractivity contribution in [2.75, 3.05) is 0 Å². The van der Waals surface area contributed by atoms with Crippen LogP contribution in [-0.4, -0.2) is 16.9 Å². The van der Waals surface area contributed by atoms with Crippen molar-refractivity contribution in [3.8, 4) is 6.07 Å². The van der Waals surface area contributed by atoms with E-state index in [0.717, 1.165) is 6.42 Å². The van der Waals surface area contributed by atoms with Gasteiger partial charge in [-0.25, -0.2) is 4.98 Å². The van der Waals surface area contributed by atoms with Crippen LogP contribution >= 0.6 is 0 Å². The van der Waals surface area contributed by atoms with E-state index < -0.39 is 0 Å². The van der Waals surface area contributed by atoms with Crippen molar-refractivity contribution in [3.63, 3.8) is 0 Å². The van der Waals surface area contributed by atoms with Crippen LogP contribution in [0.4, 0.5) is 0 Å². The lowest BCUT2D eigenvalue weighted by Gasteiger charge is -2.10. The maximum atomic E-state index is 11.6. The summed E-state index contributed by atoms with van der Waals surface area (Å²) in [6.07, 6.45) is 2.30. The van der Waals surface area contributed by atoms with E-state index in [4.69, 9.17) is 5.26 Å². The number of carbonyl (C=O) groups excluding carboxylic acids is 1. The van der Waals surface area contributed by atoms with Crippen LogP contribution in [0.25, 0.3) is 0 Å². The molecule has 0 aliphatic carbocycles. The van der Waals surface area contributed by atoms with Gasteiger partial charge in [0.05, 0.1) is 5.56 Å². The van der Waals surface area contributed by atoms with Gasteiger partial charge in [0.25, 0.3) is 5.91 Å². The largest absolute Gasteiger partial charge is 0.350 e. The first-order valence-corrected chi connectivity index (χ1v) is 4.84. The lowest BCUT2D eigenvalue weighted by molar-refractivity contribution is 0.0939. The van der Waals surface area contributed by atoms with Gasteiger partial charge in [-0.3, -0.25) is 4.79 Å². The van der Waals surface area contributed by atoms with Gasteiger partial charge < -0.3 is 5.32 Å². The van der Waals surface area contributed by atoms with Crippen molar-refractivity contribution in [3.05, 3.63) is 29.6 Å². The SMILES string of the molecule is CCC(C)NC(=O)c1ccc(C#N)nc1. The molecule has 15 heavy (non-hydrogen) atoms. The molecule has 1 aromatic rings. The summed E-state index contributed by atoms with van der Waals surface area (Å²) in [5, 5.41) is 11.4. The molecule has 1 amide bonds. The van der Waals surface area contributed by atoms with Gasteiger partial charge in [0.1, 0.15) is 11.8 Å². The molecule has 0 aliphatic heterocycles. The van der Waals surface area contributed by atoms with Crippen LogP contribution in [-0.2, 0) is 0 Å². The van der Waals surface area contributed by atoms with Crippen LogP contribution in [0.1, 0.15) is 36.3 Å². The first-order valence-electron chi connectivity index (χ1n) is 4.84. The molecule has 1 heterocycles. The Balaban J connectivity index is 2.71. The molecular weight excluding hydrogens is 190 g/mol. The second-order valence-electron chi connectivity index (χ2n) is 3.33. The fraction of sp³-hybridized carbons (Fsp3) is 0.364. The zero-order valence-electron chi connectivity index (χ0n) is 8.82. The van der Waals surface area contributed by atoms with Gasteiger partial charge in [0.15, 0.2) is 0 Å². The van der Waals surface area contributed by atoms with E-state index in [-0.39, 0.29) is 11.9 Å². The van der Waals surface area contributed by atoms with Gasteiger partial charge in [-0.2, -0.15) is 5.26 Å². The molecule has 0 bridgehead atoms. The molecule has 1 rings (SSSR count). The summed E-state index contributed by atoms with van der Waals surface area (Å²) in [5.74, 6) is -0.152. The predicted octanol–water partition coefficient (Wildman–Crippen LogP) is 1.48. The zero-order chi connectivity index (χ0) is 11.3. The summed E-state index contributed by atoms with van der Waals surface area (Å²) >= 11 is 0. The van der Waals surface area contributed by atoms with E-state index in [1.54, 1.807) is 6.07 Å². The van der Waals surface area contributed by atoms with Crippen molar-refractivity contribution in [2.24, 2.45) is 0 Å². The van der Waals surface area contributed by atoms with Crippen molar-refractivity contribution in [1.29, 1.82) is 5.26 Å². The number of carbonyl (C=O) groups is 1. The number of nitrogens with zero attached hydrogens (tertiary/aromatic N) is 2. The molecule has 78 valence electrons. The highest BCUT2D eigenvalue weighted by atomic mass is 16.1. The average molecular weight is 203 g/mol. The first-order chi connectivity index (χ1) is 7.17. The number of hydrogen-bond acceptors (Lipinski definition) is 3. The molecule has 0 fully saturated rings. The minimum atomic E-state index is -0.152. The lowest BCUT2D eigenvalue weighted by Crippen LogP contribution is -2.31. The van der Waals surface area contributed by atoms with Gasteiger partial charge in [-0.15, -0.1) is 0 Å². The molecule has 4 nitrogen and oxygen atoms in total. The number of nitrogens with one attached hydrogen (secondary N) is 1. The topological polar surface area (TPSA) is 65.8 Å². The Morgan fingerprint density at radius 1 is 1.67 bits per heavy atom. The number of amides is 1. The molecule has 0 radical (unpaired) electrons. The summed E-state index contributed by atoms with van der Waals surface area (Å²) in [5.41, 5.74) is 0.796. The van der Waals surface area contributed by atoms with Crippen LogP contribution in [0.15, 0.2) is 18.3 Å². The number of nitriles is 1. The summed E-state index contributed by atoms with van der Waals surface area (Å²) in [6.45, 7) is 3.94. The van der Waals surface area contributed by atoms with Crippen LogP contribution in [0.5, 0.6) is 0 Å². The van der Waals surface area contributed by atoms with Gasteiger partial charge >= 0.3 is 0 Å². The molecule has 1 N–H and O–H groups in total. The van der Waals surface area contributed by atoms with Crippen LogP contribution in [0.2, 0.25) is 0 Å². The minimum absolute atomic E-state index is 0.146. The molecule has 1 atom stereocenters. The van der Waals surface area contributed by atoms with E-state index in [1.165, 1.54) is 12.3 Å². The van der Waals surface area contributed by atoms with Crippen LogP contribution < -0.4 is 5.32 Å². The smallest absolute Gasteiger partial charge is 0.253 e. The quantitative estimate of drug-likeness (QED) is 0.809. The van der Waals surface area contributed by atoms with E-state index in [1.807, 2.05) is 19.9 Å². The number of rotatable bonds is 3. The van der Waals surface area contributed by atoms with Crippen molar-refractivity contribution in [1.82, 2.24) is 10.3 Å². The summed E-state index contributed by atoms with van der Waals surface area (Å²) < 4.78 is 0. The van der Waals surface area contributed by atoms with Gasteiger partial charge in [0.2, 0.25) is 0 Å². The molecule has 4 heteroatoms. The fourth-order valence-electron chi connectivity index (χ4n) is 1.00. The Kier molecular flexibility index (Phi) is 3.81. The summed E-state index contributed by atoms with van der Waals surface area (Å²) in [7, 11) is 0. The minimum Gasteiger partial charge on any atom is -0.350 e. The number of aromatic nitrogens is 1. The standard InChI is InChI=1S/C11H13N3O/c1-3-8(2)14-11(15)9-4-5-10(6-12)13-7-9/h4-5,7-8H,3H2,1-2H3,(H,14,15). The fourth-order valence-corrected chi connectivity index (χ4v) is 1.00. The predicted molar refractivity (Wildman–Crippen MR) is 56.2 cm³/mol. The first kappa shape index (κ1) is 11.2. The molecule has 0 saturated carbocycles. The van der Waals surface area contributed by atoms with Crippen LogP contribution in [0, 0.1) is 11.3 Å². The summed E-state index contributed by atoms with van der Waals surface area (Å²) in [4.78, 5) is 15.4. The third-order valence-electron chi connectivity index (χ3n) is 2.13. The van der Waals surface area contributed by atoms with E-state index in [2.05, 4.69) is 10.3 Å². The van der Waals surface area contributed by atoms with Gasteiger partial charge in [0, 0.05) is 12.2 Å². The highest BCUT2D eigenvalue weighted by Gasteiger charge is 2.08. The molecule has 0 spiro atoms. The molecule has 1 aromatic heterocycles. The van der Waals surface area contributed by atoms with Crippen molar-refractivity contribution < 1.29 is 4.79 Å². The van der Waals surface area contributed by atoms with Gasteiger partial charge in [-0.1, -0.05) is 6.92 Å². The van der Waals surface area contributed by atoms with Crippen LogP contribution in [0.3, 0.4) is 0 Å². The maximum Gasteiger partial charge on any atom is 0.253 e. The highest BCUT2D eigenvalue weighted by molar-refractivity contribution is 5.94. The normalized spacial score (nSPS) is 11.5. The Hall–Kier alpha value is -1.89. The van der Waals surface area contributed by atoms with Crippen molar-refractivity contribution >= 4 is 5.91 Å². The summed E-state index contributed by atoms with van der Waals surface area (Å²) in [6, 6.07) is 5.18. The number of pyridine rings is 1. The highest BCUT2D eigenvalue weighted by Crippen LogP contribution is 2.00. The molecule has 0 saturated heterocycles. The van der Waals surface area contributed by atoms with E-state index in [9.17, 15) is 4.79 Å². The molecule has 0 aliphatic rings. The Bertz CT molecular complexity index is 378. The lowest BCUT2D eigenvalue weighted by atomic mass is 10.2.